The zero-order valence-electron chi connectivity index (χ0n) is 20.6. The largest absolute Gasteiger partial charge is 0.457 e. The monoisotopic (exact) mass is 490 g/mol. The lowest BCUT2D eigenvalue weighted by Gasteiger charge is -2.13. The molecule has 8 heteroatoms. The second kappa shape index (κ2) is 10.3. The van der Waals surface area contributed by atoms with Crippen LogP contribution in [0.2, 0.25) is 0 Å². The van der Waals surface area contributed by atoms with Gasteiger partial charge in [0.05, 0.1) is 34.8 Å². The van der Waals surface area contributed by atoms with E-state index in [9.17, 15) is 4.79 Å². The normalized spacial score (nSPS) is 11.2. The molecule has 0 atom stereocenters. The first-order chi connectivity index (χ1) is 18.0. The summed E-state index contributed by atoms with van der Waals surface area (Å²) in [6.07, 6.45) is 10.2. The van der Waals surface area contributed by atoms with Crippen LogP contribution in [0.3, 0.4) is 0 Å². The molecule has 184 valence electrons. The minimum Gasteiger partial charge on any atom is -0.457 e. The minimum atomic E-state index is -0.215. The lowest BCUT2D eigenvalue weighted by Crippen LogP contribution is -2.20. The average Bonchev–Trinajstić information content (AvgIpc) is 3.28. The number of amides is 1. The molecule has 2 N–H and O–H groups in total. The molecule has 1 amide bonds. The number of aromatic nitrogens is 4. The van der Waals surface area contributed by atoms with Gasteiger partial charge in [0.1, 0.15) is 11.5 Å². The number of benzene rings is 2. The van der Waals surface area contributed by atoms with Crippen LogP contribution < -0.4 is 15.4 Å². The molecule has 2 aromatic carbocycles. The number of hydrogen-bond donors (Lipinski definition) is 2. The summed E-state index contributed by atoms with van der Waals surface area (Å²) in [5, 5.41) is 7.14. The summed E-state index contributed by atoms with van der Waals surface area (Å²) in [5.41, 5.74) is 6.34. The van der Waals surface area contributed by atoms with Crippen molar-refractivity contribution in [3.8, 4) is 11.5 Å². The van der Waals surface area contributed by atoms with E-state index in [1.165, 1.54) is 6.08 Å². The molecule has 0 spiro atoms. The van der Waals surface area contributed by atoms with Gasteiger partial charge >= 0.3 is 0 Å². The first-order valence-corrected chi connectivity index (χ1v) is 11.8. The molecule has 0 aliphatic heterocycles. The SMILES string of the molecule is C=CC(=O)NCC=Cc1cc2c(Nc3ccc(Oc4ccc5c(c4)ncn5C)c(C)c3)ccnc2cn1. The Kier molecular flexibility index (Phi) is 6.63. The van der Waals surface area contributed by atoms with E-state index in [1.807, 2.05) is 79.2 Å². The molecule has 0 aliphatic rings. The maximum absolute atomic E-state index is 11.3. The van der Waals surface area contributed by atoms with Crippen LogP contribution in [0.5, 0.6) is 11.5 Å². The van der Waals surface area contributed by atoms with Gasteiger partial charge in [-0.05, 0) is 67.1 Å². The number of fused-ring (bicyclic) bond motifs is 2. The Morgan fingerprint density at radius 3 is 2.81 bits per heavy atom. The average molecular weight is 491 g/mol. The topological polar surface area (TPSA) is 94.0 Å². The van der Waals surface area contributed by atoms with Crippen LogP contribution in [0.4, 0.5) is 11.4 Å². The molecule has 0 aliphatic carbocycles. The molecule has 0 fully saturated rings. The number of anilines is 2. The molecule has 0 radical (unpaired) electrons. The van der Waals surface area contributed by atoms with Crippen LogP contribution in [0, 0.1) is 6.92 Å². The second-order valence-corrected chi connectivity index (χ2v) is 8.55. The fraction of sp³-hybridized carbons (Fsp3) is 0.103. The third kappa shape index (κ3) is 5.33. The highest BCUT2D eigenvalue weighted by Crippen LogP contribution is 2.31. The van der Waals surface area contributed by atoms with E-state index in [0.717, 1.165) is 56.1 Å². The van der Waals surface area contributed by atoms with Crippen molar-refractivity contribution in [3.63, 3.8) is 0 Å². The Hall–Kier alpha value is -4.98. The van der Waals surface area contributed by atoms with Crippen molar-refractivity contribution in [1.29, 1.82) is 0 Å². The van der Waals surface area contributed by atoms with E-state index in [1.54, 1.807) is 18.7 Å². The molecule has 8 nitrogen and oxygen atoms in total. The number of ether oxygens (including phenoxy) is 1. The lowest BCUT2D eigenvalue weighted by atomic mass is 10.1. The molecule has 3 aromatic heterocycles. The fourth-order valence-corrected chi connectivity index (χ4v) is 3.98. The number of aryl methyl sites for hydroxylation is 2. The van der Waals surface area contributed by atoms with Crippen LogP contribution in [-0.4, -0.2) is 32.0 Å². The van der Waals surface area contributed by atoms with Gasteiger partial charge in [0, 0.05) is 42.6 Å². The van der Waals surface area contributed by atoms with Gasteiger partial charge in [-0.3, -0.25) is 14.8 Å². The third-order valence-electron chi connectivity index (χ3n) is 5.90. The molecule has 37 heavy (non-hydrogen) atoms. The lowest BCUT2D eigenvalue weighted by molar-refractivity contribution is -0.116. The van der Waals surface area contributed by atoms with Crippen molar-refractivity contribution in [2.75, 3.05) is 11.9 Å². The van der Waals surface area contributed by atoms with Gasteiger partial charge in [-0.2, -0.15) is 0 Å². The Labute approximate surface area is 214 Å². The molecule has 5 aromatic rings. The van der Waals surface area contributed by atoms with Gasteiger partial charge in [-0.15, -0.1) is 0 Å². The summed E-state index contributed by atoms with van der Waals surface area (Å²) < 4.78 is 8.13. The predicted molar refractivity (Wildman–Crippen MR) is 147 cm³/mol. The maximum Gasteiger partial charge on any atom is 0.243 e. The smallest absolute Gasteiger partial charge is 0.243 e. The first-order valence-electron chi connectivity index (χ1n) is 11.8. The van der Waals surface area contributed by atoms with Crippen molar-refractivity contribution in [2.24, 2.45) is 7.05 Å². The predicted octanol–water partition coefficient (Wildman–Crippen LogP) is 5.68. The third-order valence-corrected chi connectivity index (χ3v) is 5.90. The van der Waals surface area contributed by atoms with Crippen LogP contribution in [-0.2, 0) is 11.8 Å². The van der Waals surface area contributed by atoms with Crippen molar-refractivity contribution in [3.05, 3.63) is 97.2 Å². The number of nitrogens with zero attached hydrogens (tertiary/aromatic N) is 4. The van der Waals surface area contributed by atoms with Crippen molar-refractivity contribution in [1.82, 2.24) is 24.8 Å². The van der Waals surface area contributed by atoms with Gasteiger partial charge in [0.15, 0.2) is 0 Å². The van der Waals surface area contributed by atoms with E-state index in [2.05, 4.69) is 32.2 Å². The Bertz CT molecular complexity index is 1650. The molecule has 0 saturated heterocycles. The van der Waals surface area contributed by atoms with Gasteiger partial charge in [-0.25, -0.2) is 4.98 Å². The van der Waals surface area contributed by atoms with Crippen LogP contribution >= 0.6 is 0 Å². The number of pyridine rings is 2. The first kappa shape index (κ1) is 23.7. The summed E-state index contributed by atoms with van der Waals surface area (Å²) in [5.74, 6) is 1.31. The molecule has 0 unspecified atom stereocenters. The summed E-state index contributed by atoms with van der Waals surface area (Å²) >= 11 is 0. The highest BCUT2D eigenvalue weighted by atomic mass is 16.5. The standard InChI is InChI=1S/C29H26N6O2/c1-4-29(36)31-12-5-6-20-15-23-24(11-13-30-26(23)17-32-20)34-21-7-10-28(19(2)14-21)37-22-8-9-27-25(16-22)33-18-35(27)3/h4-11,13-18H,1,12H2,2-3H3,(H,30,34)(H,31,36). The number of imidazole rings is 1. The number of rotatable bonds is 8. The van der Waals surface area contributed by atoms with Crippen molar-refractivity contribution < 1.29 is 9.53 Å². The zero-order chi connectivity index (χ0) is 25.8. The van der Waals surface area contributed by atoms with Crippen LogP contribution in [0.1, 0.15) is 11.3 Å². The molecule has 0 saturated carbocycles. The summed E-state index contributed by atoms with van der Waals surface area (Å²) in [6, 6.07) is 15.8. The van der Waals surface area contributed by atoms with Crippen molar-refractivity contribution >= 4 is 45.3 Å². The maximum atomic E-state index is 11.3. The quantitative estimate of drug-likeness (QED) is 0.272. The summed E-state index contributed by atoms with van der Waals surface area (Å²) in [4.78, 5) is 24.6. The fourth-order valence-electron chi connectivity index (χ4n) is 3.98. The summed E-state index contributed by atoms with van der Waals surface area (Å²) in [6.45, 7) is 5.85. The number of carbonyl (C=O) groups is 1. The molecular formula is C29H26N6O2. The van der Waals surface area contributed by atoms with E-state index in [4.69, 9.17) is 4.74 Å². The molecular weight excluding hydrogens is 464 g/mol. The van der Waals surface area contributed by atoms with Gasteiger partial charge in [0.2, 0.25) is 5.91 Å². The minimum absolute atomic E-state index is 0.215. The van der Waals surface area contributed by atoms with Crippen molar-refractivity contribution in [2.45, 2.75) is 6.92 Å². The van der Waals surface area contributed by atoms with Gasteiger partial charge in [0.25, 0.3) is 0 Å². The van der Waals surface area contributed by atoms with Gasteiger partial charge in [-0.1, -0.05) is 12.7 Å². The van der Waals surface area contributed by atoms with Crippen LogP contribution in [0.15, 0.2) is 86.0 Å². The Balaban J connectivity index is 1.34. The second-order valence-electron chi connectivity index (χ2n) is 8.55. The van der Waals surface area contributed by atoms with E-state index >= 15 is 0 Å². The Morgan fingerprint density at radius 1 is 1.08 bits per heavy atom. The number of nitrogens with one attached hydrogen (secondary N) is 2. The van der Waals surface area contributed by atoms with E-state index in [-0.39, 0.29) is 5.91 Å². The molecule has 3 heterocycles. The highest BCUT2D eigenvalue weighted by molar-refractivity contribution is 5.93. The Morgan fingerprint density at radius 2 is 1.97 bits per heavy atom. The van der Waals surface area contributed by atoms with E-state index in [0.29, 0.717) is 6.54 Å². The van der Waals surface area contributed by atoms with Gasteiger partial charge < -0.3 is 19.9 Å². The van der Waals surface area contributed by atoms with E-state index < -0.39 is 0 Å². The van der Waals surface area contributed by atoms with Crippen LogP contribution in [0.25, 0.3) is 28.0 Å². The number of hydrogen-bond acceptors (Lipinski definition) is 6. The summed E-state index contributed by atoms with van der Waals surface area (Å²) in [7, 11) is 1.97. The number of carbonyl (C=O) groups excluding carboxylic acids is 1. The molecule has 0 bridgehead atoms. The molecule has 5 rings (SSSR count). The zero-order valence-corrected chi connectivity index (χ0v) is 20.6. The highest BCUT2D eigenvalue weighted by Gasteiger charge is 2.08.